The average Bonchev–Trinajstić information content (AvgIpc) is 2.35. The van der Waals surface area contributed by atoms with Crippen LogP contribution >= 0.6 is 12.2 Å². The van der Waals surface area contributed by atoms with Gasteiger partial charge in [-0.15, -0.1) is 0 Å². The van der Waals surface area contributed by atoms with Crippen molar-refractivity contribution in [2.24, 2.45) is 11.7 Å². The maximum Gasteiger partial charge on any atom is 0.251 e. The molecule has 3 nitrogen and oxygen atoms in total. The standard InChI is InChI=1S/C14H20N2OS/c1-9(2)11-4-6-12(7-5-11)14(17)16-8-10(3)13(15)18/h4-7,9-10H,8H2,1-3H3,(H2,15,18)(H,16,17). The molecule has 0 saturated heterocycles. The molecule has 1 rings (SSSR count). The molecule has 1 unspecified atom stereocenters. The number of carbonyl (C=O) groups excluding carboxylic acids is 1. The number of benzene rings is 1. The van der Waals surface area contributed by atoms with E-state index in [-0.39, 0.29) is 11.8 Å². The predicted molar refractivity (Wildman–Crippen MR) is 78.8 cm³/mol. The van der Waals surface area contributed by atoms with Crippen LogP contribution in [0.2, 0.25) is 0 Å². The van der Waals surface area contributed by atoms with E-state index in [9.17, 15) is 4.79 Å². The number of hydrogen-bond donors (Lipinski definition) is 2. The molecule has 3 N–H and O–H groups in total. The maximum atomic E-state index is 11.9. The minimum Gasteiger partial charge on any atom is -0.393 e. The third-order valence-corrected chi connectivity index (χ3v) is 3.30. The quantitative estimate of drug-likeness (QED) is 0.803. The third kappa shape index (κ3) is 4.11. The Labute approximate surface area is 114 Å². The van der Waals surface area contributed by atoms with Gasteiger partial charge in [-0.1, -0.05) is 45.1 Å². The zero-order valence-corrected chi connectivity index (χ0v) is 11.9. The lowest BCUT2D eigenvalue weighted by Gasteiger charge is -2.11. The van der Waals surface area contributed by atoms with Crippen molar-refractivity contribution in [3.8, 4) is 0 Å². The summed E-state index contributed by atoms with van der Waals surface area (Å²) in [5, 5.41) is 2.82. The van der Waals surface area contributed by atoms with Gasteiger partial charge < -0.3 is 11.1 Å². The summed E-state index contributed by atoms with van der Waals surface area (Å²) in [6.07, 6.45) is 0. The van der Waals surface area contributed by atoms with Crippen LogP contribution < -0.4 is 11.1 Å². The second-order valence-corrected chi connectivity index (χ2v) is 5.26. The van der Waals surface area contributed by atoms with Gasteiger partial charge in [0, 0.05) is 18.0 Å². The van der Waals surface area contributed by atoms with Crippen LogP contribution in [-0.4, -0.2) is 17.4 Å². The molecule has 98 valence electrons. The van der Waals surface area contributed by atoms with E-state index in [4.69, 9.17) is 18.0 Å². The number of amides is 1. The highest BCUT2D eigenvalue weighted by molar-refractivity contribution is 7.80. The number of rotatable bonds is 5. The number of carbonyl (C=O) groups is 1. The Kier molecular flexibility index (Phi) is 5.28. The number of hydrogen-bond acceptors (Lipinski definition) is 2. The molecule has 1 aromatic carbocycles. The van der Waals surface area contributed by atoms with Gasteiger partial charge in [0.25, 0.3) is 5.91 Å². The topological polar surface area (TPSA) is 55.1 Å². The molecule has 0 heterocycles. The number of thiocarbonyl (C=S) groups is 1. The van der Waals surface area contributed by atoms with E-state index < -0.39 is 0 Å². The molecule has 0 aliphatic heterocycles. The van der Waals surface area contributed by atoms with Gasteiger partial charge in [0.1, 0.15) is 0 Å². The van der Waals surface area contributed by atoms with Gasteiger partial charge in [-0.2, -0.15) is 0 Å². The smallest absolute Gasteiger partial charge is 0.251 e. The van der Waals surface area contributed by atoms with Gasteiger partial charge in [0.15, 0.2) is 0 Å². The second kappa shape index (κ2) is 6.50. The van der Waals surface area contributed by atoms with Crippen molar-refractivity contribution in [3.05, 3.63) is 35.4 Å². The van der Waals surface area contributed by atoms with Crippen LogP contribution in [0.1, 0.15) is 42.6 Å². The SMILES string of the molecule is CC(CNC(=O)c1ccc(C(C)C)cc1)C(N)=S. The van der Waals surface area contributed by atoms with E-state index in [0.29, 0.717) is 23.0 Å². The Bertz CT molecular complexity index is 426. The van der Waals surface area contributed by atoms with Crippen LogP contribution in [-0.2, 0) is 0 Å². The van der Waals surface area contributed by atoms with Crippen LogP contribution in [0, 0.1) is 5.92 Å². The van der Waals surface area contributed by atoms with Crippen LogP contribution in [0.25, 0.3) is 0 Å². The minimum atomic E-state index is -0.0894. The van der Waals surface area contributed by atoms with Gasteiger partial charge in [-0.05, 0) is 23.6 Å². The molecule has 1 amide bonds. The van der Waals surface area contributed by atoms with E-state index in [1.54, 1.807) is 0 Å². The Balaban J connectivity index is 2.59. The molecule has 1 aromatic rings. The van der Waals surface area contributed by atoms with E-state index in [2.05, 4.69) is 19.2 Å². The first kappa shape index (κ1) is 14.6. The van der Waals surface area contributed by atoms with Gasteiger partial charge in [0.05, 0.1) is 4.99 Å². The highest BCUT2D eigenvalue weighted by Crippen LogP contribution is 2.14. The number of nitrogens with two attached hydrogens (primary N) is 1. The Hall–Kier alpha value is -1.42. The fraction of sp³-hybridized carbons (Fsp3) is 0.429. The van der Waals surface area contributed by atoms with Crippen molar-refractivity contribution >= 4 is 23.1 Å². The zero-order valence-electron chi connectivity index (χ0n) is 11.1. The normalized spacial score (nSPS) is 12.2. The minimum absolute atomic E-state index is 0.0129. The lowest BCUT2D eigenvalue weighted by molar-refractivity contribution is 0.0951. The van der Waals surface area contributed by atoms with Gasteiger partial charge >= 0.3 is 0 Å². The fourth-order valence-corrected chi connectivity index (χ4v) is 1.55. The summed E-state index contributed by atoms with van der Waals surface area (Å²) in [6, 6.07) is 7.65. The zero-order chi connectivity index (χ0) is 13.7. The molecule has 0 bridgehead atoms. The van der Waals surface area contributed by atoms with Gasteiger partial charge in [0.2, 0.25) is 0 Å². The highest BCUT2D eigenvalue weighted by atomic mass is 32.1. The second-order valence-electron chi connectivity index (χ2n) is 4.79. The summed E-state index contributed by atoms with van der Waals surface area (Å²) < 4.78 is 0. The molecule has 0 aromatic heterocycles. The molecule has 0 spiro atoms. The van der Waals surface area contributed by atoms with Crippen LogP contribution in [0.4, 0.5) is 0 Å². The predicted octanol–water partition coefficient (Wildman–Crippen LogP) is 2.46. The first-order valence-electron chi connectivity index (χ1n) is 6.09. The summed E-state index contributed by atoms with van der Waals surface area (Å²) in [7, 11) is 0. The molecule has 1 atom stereocenters. The monoisotopic (exact) mass is 264 g/mol. The molecule has 0 fully saturated rings. The largest absolute Gasteiger partial charge is 0.393 e. The van der Waals surface area contributed by atoms with Crippen molar-refractivity contribution in [1.82, 2.24) is 5.32 Å². The molecule has 0 saturated carbocycles. The maximum absolute atomic E-state index is 11.9. The van der Waals surface area contributed by atoms with E-state index in [1.807, 2.05) is 31.2 Å². The summed E-state index contributed by atoms with van der Waals surface area (Å²) in [6.45, 7) is 6.61. The first-order valence-corrected chi connectivity index (χ1v) is 6.50. The third-order valence-electron chi connectivity index (χ3n) is 2.89. The lowest BCUT2D eigenvalue weighted by atomic mass is 10.0. The van der Waals surface area contributed by atoms with E-state index >= 15 is 0 Å². The molecular weight excluding hydrogens is 244 g/mol. The van der Waals surface area contributed by atoms with Crippen LogP contribution in [0.5, 0.6) is 0 Å². The summed E-state index contributed by atoms with van der Waals surface area (Å²) >= 11 is 4.86. The van der Waals surface area contributed by atoms with Crippen molar-refractivity contribution in [2.45, 2.75) is 26.7 Å². The van der Waals surface area contributed by atoms with Crippen molar-refractivity contribution in [1.29, 1.82) is 0 Å². The van der Waals surface area contributed by atoms with Crippen molar-refractivity contribution in [3.63, 3.8) is 0 Å². The lowest BCUT2D eigenvalue weighted by Crippen LogP contribution is -2.33. The molecule has 18 heavy (non-hydrogen) atoms. The van der Waals surface area contributed by atoms with Crippen molar-refractivity contribution in [2.75, 3.05) is 6.54 Å². The number of nitrogens with one attached hydrogen (secondary N) is 1. The molecule has 4 heteroatoms. The molecule has 0 radical (unpaired) electrons. The van der Waals surface area contributed by atoms with Crippen LogP contribution in [0.3, 0.4) is 0 Å². The van der Waals surface area contributed by atoms with Gasteiger partial charge in [-0.3, -0.25) is 4.79 Å². The van der Waals surface area contributed by atoms with E-state index in [0.717, 1.165) is 0 Å². The van der Waals surface area contributed by atoms with E-state index in [1.165, 1.54) is 5.56 Å². The Morgan fingerprint density at radius 3 is 2.28 bits per heavy atom. The summed E-state index contributed by atoms with van der Waals surface area (Å²) in [4.78, 5) is 12.3. The van der Waals surface area contributed by atoms with Crippen molar-refractivity contribution < 1.29 is 4.79 Å². The first-order chi connectivity index (χ1) is 8.41. The Morgan fingerprint density at radius 1 is 1.28 bits per heavy atom. The molecular formula is C14H20N2OS. The van der Waals surface area contributed by atoms with Gasteiger partial charge in [-0.25, -0.2) is 0 Å². The summed E-state index contributed by atoms with van der Waals surface area (Å²) in [5.41, 5.74) is 7.38. The van der Waals surface area contributed by atoms with Crippen LogP contribution in [0.15, 0.2) is 24.3 Å². The fourth-order valence-electron chi connectivity index (χ4n) is 1.47. The molecule has 0 aliphatic rings. The highest BCUT2D eigenvalue weighted by Gasteiger charge is 2.09. The Morgan fingerprint density at radius 2 is 1.83 bits per heavy atom. The summed E-state index contributed by atoms with van der Waals surface area (Å²) in [5.74, 6) is 0.393. The molecule has 0 aliphatic carbocycles. The average molecular weight is 264 g/mol.